The fraction of sp³-hybridized carbons (Fsp3) is 0.0417. The van der Waals surface area contributed by atoms with E-state index in [0.29, 0.717) is 28.3 Å². The van der Waals surface area contributed by atoms with Gasteiger partial charge < -0.3 is 0 Å². The molecule has 2 aromatic carbocycles. The van der Waals surface area contributed by atoms with E-state index in [0.717, 1.165) is 16.5 Å². The highest BCUT2D eigenvalue weighted by molar-refractivity contribution is 5.89. The van der Waals surface area contributed by atoms with E-state index in [1.54, 1.807) is 53.6 Å². The molecule has 0 fully saturated rings. The molecule has 5 rings (SSSR count). The van der Waals surface area contributed by atoms with E-state index in [1.807, 2.05) is 24.3 Å². The molecule has 0 saturated carbocycles. The van der Waals surface area contributed by atoms with Gasteiger partial charge in [-0.2, -0.15) is 10.4 Å². The predicted octanol–water partition coefficient (Wildman–Crippen LogP) is 4.61. The second kappa shape index (κ2) is 7.76. The first-order chi connectivity index (χ1) is 15.2. The molecule has 0 spiro atoms. The first-order valence-corrected chi connectivity index (χ1v) is 9.61. The topological polar surface area (TPSA) is 80.3 Å². The summed E-state index contributed by atoms with van der Waals surface area (Å²) < 4.78 is 15.8. The van der Waals surface area contributed by atoms with E-state index in [4.69, 9.17) is 5.26 Å². The Hall–Kier alpha value is -4.44. The molecule has 0 radical (unpaired) electrons. The van der Waals surface area contributed by atoms with Crippen LogP contribution in [0.4, 0.5) is 4.39 Å². The van der Waals surface area contributed by atoms with Crippen LogP contribution in [0.25, 0.3) is 33.7 Å². The number of nitrogens with zero attached hydrogens (tertiary/aromatic N) is 6. The summed E-state index contributed by atoms with van der Waals surface area (Å²) in [5.74, 6) is 0.161. The van der Waals surface area contributed by atoms with E-state index < -0.39 is 0 Å². The zero-order chi connectivity index (χ0) is 21.2. The van der Waals surface area contributed by atoms with Crippen molar-refractivity contribution in [3.05, 3.63) is 96.2 Å². The van der Waals surface area contributed by atoms with Crippen molar-refractivity contribution in [1.29, 1.82) is 5.26 Å². The molecule has 0 aliphatic rings. The minimum absolute atomic E-state index is 0.249. The van der Waals surface area contributed by atoms with E-state index in [-0.39, 0.29) is 12.4 Å². The van der Waals surface area contributed by atoms with Crippen molar-refractivity contribution in [2.24, 2.45) is 0 Å². The van der Waals surface area contributed by atoms with E-state index >= 15 is 0 Å². The summed E-state index contributed by atoms with van der Waals surface area (Å²) in [4.78, 5) is 13.4. The number of rotatable bonds is 4. The average molecular weight is 406 g/mol. The van der Waals surface area contributed by atoms with Gasteiger partial charge in [0.05, 0.1) is 23.6 Å². The van der Waals surface area contributed by atoms with Crippen molar-refractivity contribution in [3.63, 3.8) is 0 Å². The third-order valence-electron chi connectivity index (χ3n) is 4.97. The van der Waals surface area contributed by atoms with Crippen LogP contribution >= 0.6 is 0 Å². The lowest BCUT2D eigenvalue weighted by Crippen LogP contribution is -2.04. The molecular formula is C24H15FN6. The van der Waals surface area contributed by atoms with Crippen molar-refractivity contribution >= 4 is 11.0 Å². The van der Waals surface area contributed by atoms with Crippen LogP contribution in [0.2, 0.25) is 0 Å². The molecule has 0 amide bonds. The summed E-state index contributed by atoms with van der Waals surface area (Å²) in [5.41, 5.74) is 3.98. The molecular weight excluding hydrogens is 391 g/mol. The predicted molar refractivity (Wildman–Crippen MR) is 114 cm³/mol. The van der Waals surface area contributed by atoms with Gasteiger partial charge in [-0.05, 0) is 35.9 Å². The Balaban J connectivity index is 1.55. The van der Waals surface area contributed by atoms with Crippen molar-refractivity contribution < 1.29 is 4.39 Å². The minimum Gasteiger partial charge on any atom is -0.242 e. The number of hydrogen-bond acceptors (Lipinski definition) is 5. The quantitative estimate of drug-likeness (QED) is 0.435. The van der Waals surface area contributed by atoms with Crippen molar-refractivity contribution in [2.75, 3.05) is 0 Å². The number of nitriles is 1. The van der Waals surface area contributed by atoms with Crippen LogP contribution in [0.3, 0.4) is 0 Å². The SMILES string of the molecule is N#Cc1cccc(-c2cnc(-c3nn(Cc4ccccc4F)c4ncccc34)nc2)c1. The second-order valence-electron chi connectivity index (χ2n) is 6.96. The number of pyridine rings is 1. The van der Waals surface area contributed by atoms with Gasteiger partial charge in [-0.1, -0.05) is 30.3 Å². The van der Waals surface area contributed by atoms with Gasteiger partial charge in [-0.15, -0.1) is 0 Å². The highest BCUT2D eigenvalue weighted by atomic mass is 19.1. The highest BCUT2D eigenvalue weighted by Crippen LogP contribution is 2.26. The van der Waals surface area contributed by atoms with Crippen molar-refractivity contribution in [1.82, 2.24) is 24.7 Å². The second-order valence-corrected chi connectivity index (χ2v) is 6.96. The lowest BCUT2D eigenvalue weighted by Gasteiger charge is -2.04. The maximum atomic E-state index is 14.2. The Morgan fingerprint density at radius 2 is 1.74 bits per heavy atom. The smallest absolute Gasteiger partial charge is 0.180 e. The molecule has 3 aromatic heterocycles. The lowest BCUT2D eigenvalue weighted by atomic mass is 10.1. The van der Waals surface area contributed by atoms with E-state index in [9.17, 15) is 4.39 Å². The summed E-state index contributed by atoms with van der Waals surface area (Å²) in [7, 11) is 0. The third kappa shape index (κ3) is 3.51. The first-order valence-electron chi connectivity index (χ1n) is 9.61. The molecule has 6 nitrogen and oxygen atoms in total. The third-order valence-corrected chi connectivity index (χ3v) is 4.97. The van der Waals surface area contributed by atoms with Crippen LogP contribution in [0.15, 0.2) is 79.3 Å². The van der Waals surface area contributed by atoms with Gasteiger partial charge in [-0.3, -0.25) is 0 Å². The Kier molecular flexibility index (Phi) is 4.65. The average Bonchev–Trinajstić information content (AvgIpc) is 3.19. The van der Waals surface area contributed by atoms with Gasteiger partial charge in [-0.25, -0.2) is 24.0 Å². The summed E-state index contributed by atoms with van der Waals surface area (Å²) in [6.07, 6.45) is 5.09. The van der Waals surface area contributed by atoms with Gasteiger partial charge in [0, 0.05) is 29.7 Å². The molecule has 5 aromatic rings. The number of aromatic nitrogens is 5. The monoisotopic (exact) mass is 406 g/mol. The highest BCUT2D eigenvalue weighted by Gasteiger charge is 2.16. The summed E-state index contributed by atoms with van der Waals surface area (Å²) in [6.45, 7) is 0.249. The molecule has 7 heteroatoms. The van der Waals surface area contributed by atoms with Crippen LogP contribution in [0.1, 0.15) is 11.1 Å². The van der Waals surface area contributed by atoms with Gasteiger partial charge in [0.15, 0.2) is 11.5 Å². The molecule has 0 aliphatic carbocycles. The van der Waals surface area contributed by atoms with Crippen LogP contribution in [-0.2, 0) is 6.54 Å². The van der Waals surface area contributed by atoms with Crippen LogP contribution in [-0.4, -0.2) is 24.7 Å². The van der Waals surface area contributed by atoms with E-state index in [2.05, 4.69) is 26.1 Å². The van der Waals surface area contributed by atoms with Gasteiger partial charge in [0.2, 0.25) is 0 Å². The molecule has 31 heavy (non-hydrogen) atoms. The summed E-state index contributed by atoms with van der Waals surface area (Å²) >= 11 is 0. The number of fused-ring (bicyclic) bond motifs is 1. The summed E-state index contributed by atoms with van der Waals surface area (Å²) in [6, 6.07) is 19.7. The van der Waals surface area contributed by atoms with Gasteiger partial charge >= 0.3 is 0 Å². The maximum Gasteiger partial charge on any atom is 0.180 e. The number of hydrogen-bond donors (Lipinski definition) is 0. The zero-order valence-electron chi connectivity index (χ0n) is 16.3. The molecule has 3 heterocycles. The normalized spacial score (nSPS) is 10.8. The largest absolute Gasteiger partial charge is 0.242 e. The zero-order valence-corrected chi connectivity index (χ0v) is 16.3. The Bertz CT molecular complexity index is 1430. The van der Waals surface area contributed by atoms with Crippen LogP contribution in [0.5, 0.6) is 0 Å². The molecule has 0 N–H and O–H groups in total. The molecule has 0 aliphatic heterocycles. The minimum atomic E-state index is -0.288. The number of benzene rings is 2. The van der Waals surface area contributed by atoms with Crippen LogP contribution < -0.4 is 0 Å². The Morgan fingerprint density at radius 3 is 2.55 bits per heavy atom. The fourth-order valence-electron chi connectivity index (χ4n) is 3.44. The molecule has 0 unspecified atom stereocenters. The van der Waals surface area contributed by atoms with Crippen molar-refractivity contribution in [3.8, 4) is 28.7 Å². The molecule has 148 valence electrons. The Labute approximate surface area is 177 Å². The standard InChI is InChI=1S/C24H15FN6/c25-21-9-2-1-6-18(21)15-31-24-20(8-4-10-27-24)22(30-31)23-28-13-19(14-29-23)17-7-3-5-16(11-17)12-26/h1-11,13-14H,15H2. The van der Waals surface area contributed by atoms with Gasteiger partial charge in [0.1, 0.15) is 11.5 Å². The first kappa shape index (κ1) is 18.6. The lowest BCUT2D eigenvalue weighted by molar-refractivity contribution is 0.589. The Morgan fingerprint density at radius 1 is 0.903 bits per heavy atom. The molecule has 0 bridgehead atoms. The fourth-order valence-corrected chi connectivity index (χ4v) is 3.44. The van der Waals surface area contributed by atoms with Crippen LogP contribution in [0, 0.1) is 17.1 Å². The van der Waals surface area contributed by atoms with Crippen molar-refractivity contribution in [2.45, 2.75) is 6.54 Å². The molecule has 0 atom stereocenters. The maximum absolute atomic E-state index is 14.2. The van der Waals surface area contributed by atoms with Gasteiger partial charge in [0.25, 0.3) is 0 Å². The number of halogens is 1. The molecule has 0 saturated heterocycles. The summed E-state index contributed by atoms with van der Waals surface area (Å²) in [5, 5.41) is 14.5. The van der Waals surface area contributed by atoms with E-state index in [1.165, 1.54) is 6.07 Å².